The van der Waals surface area contributed by atoms with Gasteiger partial charge < -0.3 is 14.8 Å². The van der Waals surface area contributed by atoms with Gasteiger partial charge in [0, 0.05) is 24.2 Å². The van der Waals surface area contributed by atoms with Crippen molar-refractivity contribution < 1.29 is 9.47 Å². The Morgan fingerprint density at radius 2 is 1.95 bits per heavy atom. The summed E-state index contributed by atoms with van der Waals surface area (Å²) in [5, 5.41) is 3.43. The molecule has 1 aromatic rings. The average molecular weight is 292 g/mol. The summed E-state index contributed by atoms with van der Waals surface area (Å²) in [6.45, 7) is 5.68. The molecule has 4 nitrogen and oxygen atoms in total. The predicted molar refractivity (Wildman–Crippen MR) is 86.2 cm³/mol. The fourth-order valence-corrected chi connectivity index (χ4v) is 3.03. The first-order valence-electron chi connectivity index (χ1n) is 7.78. The van der Waals surface area contributed by atoms with E-state index in [-0.39, 0.29) is 0 Å². The quantitative estimate of drug-likeness (QED) is 0.874. The maximum Gasteiger partial charge on any atom is 0.127 e. The average Bonchev–Trinajstić information content (AvgIpc) is 2.54. The highest BCUT2D eigenvalue weighted by atomic mass is 16.5. The Labute approximate surface area is 128 Å². The molecule has 118 valence electrons. The Balaban J connectivity index is 2.05. The molecule has 1 fully saturated rings. The lowest BCUT2D eigenvalue weighted by Crippen LogP contribution is -2.35. The van der Waals surface area contributed by atoms with Crippen LogP contribution in [0.2, 0.25) is 0 Å². The molecule has 1 aliphatic heterocycles. The maximum atomic E-state index is 5.53. The lowest BCUT2D eigenvalue weighted by Gasteiger charge is -2.32. The second kappa shape index (κ2) is 7.66. The van der Waals surface area contributed by atoms with E-state index in [1.54, 1.807) is 14.2 Å². The first-order valence-corrected chi connectivity index (χ1v) is 7.78. The number of nitrogens with one attached hydrogen (secondary N) is 1. The molecular formula is C17H28N2O2. The van der Waals surface area contributed by atoms with Crippen LogP contribution in [0.3, 0.4) is 0 Å². The van der Waals surface area contributed by atoms with Crippen molar-refractivity contribution in [2.45, 2.75) is 25.8 Å². The minimum Gasteiger partial charge on any atom is -0.497 e. The van der Waals surface area contributed by atoms with E-state index >= 15 is 0 Å². The summed E-state index contributed by atoms with van der Waals surface area (Å²) in [4.78, 5) is 2.43. The van der Waals surface area contributed by atoms with Gasteiger partial charge in [-0.05, 0) is 51.9 Å². The Hall–Kier alpha value is -1.26. The van der Waals surface area contributed by atoms with Crippen molar-refractivity contribution in [2.24, 2.45) is 5.92 Å². The summed E-state index contributed by atoms with van der Waals surface area (Å²) in [6, 6.07) is 6.42. The van der Waals surface area contributed by atoms with Crippen molar-refractivity contribution >= 4 is 0 Å². The summed E-state index contributed by atoms with van der Waals surface area (Å²) < 4.78 is 10.8. The molecule has 1 N–H and O–H groups in total. The number of benzene rings is 1. The zero-order valence-corrected chi connectivity index (χ0v) is 13.7. The van der Waals surface area contributed by atoms with E-state index in [9.17, 15) is 0 Å². The van der Waals surface area contributed by atoms with Gasteiger partial charge in [0.1, 0.15) is 11.5 Å². The van der Waals surface area contributed by atoms with Crippen molar-refractivity contribution in [3.63, 3.8) is 0 Å². The second-order valence-corrected chi connectivity index (χ2v) is 5.92. The molecule has 1 atom stereocenters. The highest BCUT2D eigenvalue weighted by Gasteiger charge is 2.21. The van der Waals surface area contributed by atoms with Gasteiger partial charge in [-0.2, -0.15) is 0 Å². The minimum absolute atomic E-state index is 0.334. The first kappa shape index (κ1) is 16.1. The summed E-state index contributed by atoms with van der Waals surface area (Å²) in [7, 11) is 5.61. The van der Waals surface area contributed by atoms with Gasteiger partial charge in [0.25, 0.3) is 0 Å². The number of methoxy groups -OCH3 is 2. The van der Waals surface area contributed by atoms with Gasteiger partial charge in [-0.25, -0.2) is 0 Å². The molecular weight excluding hydrogens is 264 g/mol. The van der Waals surface area contributed by atoms with Crippen molar-refractivity contribution in [3.8, 4) is 11.5 Å². The summed E-state index contributed by atoms with van der Waals surface area (Å²) >= 11 is 0. The molecule has 0 amide bonds. The molecule has 21 heavy (non-hydrogen) atoms. The SMILES string of the molecule is COc1ccc(C(C)N(C)CC2CCNCC2)c(OC)c1. The second-order valence-electron chi connectivity index (χ2n) is 5.92. The molecule has 4 heteroatoms. The standard InChI is InChI=1S/C17H28N2O2/c1-13(19(2)12-14-7-9-18-10-8-14)16-6-5-15(20-3)11-17(16)21-4/h5-6,11,13-14,18H,7-10,12H2,1-4H3. The molecule has 1 unspecified atom stereocenters. The van der Waals surface area contributed by atoms with Crippen LogP contribution < -0.4 is 14.8 Å². The molecule has 0 aromatic heterocycles. The third-order valence-electron chi connectivity index (χ3n) is 4.56. The summed E-state index contributed by atoms with van der Waals surface area (Å²) in [5.74, 6) is 2.53. The molecule has 0 spiro atoms. The molecule has 2 rings (SSSR count). The van der Waals surface area contributed by atoms with Crippen LogP contribution in [0.15, 0.2) is 18.2 Å². The van der Waals surface area contributed by atoms with Crippen molar-refractivity contribution in [3.05, 3.63) is 23.8 Å². The van der Waals surface area contributed by atoms with Crippen LogP contribution in [0.4, 0.5) is 0 Å². The number of rotatable bonds is 6. The first-order chi connectivity index (χ1) is 10.2. The highest BCUT2D eigenvalue weighted by Crippen LogP contribution is 2.32. The minimum atomic E-state index is 0.334. The van der Waals surface area contributed by atoms with Crippen LogP contribution in [-0.2, 0) is 0 Å². The Morgan fingerprint density at radius 1 is 1.24 bits per heavy atom. The third kappa shape index (κ3) is 4.11. The van der Waals surface area contributed by atoms with Crippen LogP contribution in [0.1, 0.15) is 31.4 Å². The van der Waals surface area contributed by atoms with Crippen LogP contribution in [0.25, 0.3) is 0 Å². The van der Waals surface area contributed by atoms with E-state index in [4.69, 9.17) is 9.47 Å². The van der Waals surface area contributed by atoms with Crippen molar-refractivity contribution in [2.75, 3.05) is 40.9 Å². The Morgan fingerprint density at radius 3 is 2.57 bits per heavy atom. The van der Waals surface area contributed by atoms with Gasteiger partial charge in [-0.15, -0.1) is 0 Å². The summed E-state index contributed by atoms with van der Waals surface area (Å²) in [5.41, 5.74) is 1.22. The molecule has 1 heterocycles. The largest absolute Gasteiger partial charge is 0.497 e. The van der Waals surface area contributed by atoms with E-state index in [2.05, 4.69) is 30.3 Å². The van der Waals surface area contributed by atoms with E-state index in [0.717, 1.165) is 37.1 Å². The van der Waals surface area contributed by atoms with Gasteiger partial charge in [0.05, 0.1) is 14.2 Å². The third-order valence-corrected chi connectivity index (χ3v) is 4.56. The maximum absolute atomic E-state index is 5.53. The van der Waals surface area contributed by atoms with Crippen molar-refractivity contribution in [1.82, 2.24) is 10.2 Å². The summed E-state index contributed by atoms with van der Waals surface area (Å²) in [6.07, 6.45) is 2.55. The monoisotopic (exact) mass is 292 g/mol. The molecule has 1 aliphatic rings. The van der Waals surface area contributed by atoms with Gasteiger partial charge in [-0.3, -0.25) is 4.90 Å². The number of hydrogen-bond donors (Lipinski definition) is 1. The fraction of sp³-hybridized carbons (Fsp3) is 0.647. The van der Waals surface area contributed by atoms with E-state index in [0.29, 0.717) is 6.04 Å². The highest BCUT2D eigenvalue weighted by molar-refractivity contribution is 5.42. The normalized spacial score (nSPS) is 17.8. The molecule has 0 radical (unpaired) electrons. The zero-order chi connectivity index (χ0) is 15.2. The number of nitrogens with zero attached hydrogens (tertiary/aromatic N) is 1. The van der Waals surface area contributed by atoms with Gasteiger partial charge in [0.15, 0.2) is 0 Å². The van der Waals surface area contributed by atoms with Crippen LogP contribution in [0.5, 0.6) is 11.5 Å². The van der Waals surface area contributed by atoms with E-state index in [1.165, 1.54) is 18.4 Å². The van der Waals surface area contributed by atoms with Gasteiger partial charge >= 0.3 is 0 Å². The lowest BCUT2D eigenvalue weighted by molar-refractivity contribution is 0.194. The van der Waals surface area contributed by atoms with Crippen molar-refractivity contribution in [1.29, 1.82) is 0 Å². The Kier molecular flexibility index (Phi) is 5.88. The molecule has 0 bridgehead atoms. The van der Waals surface area contributed by atoms with E-state index < -0.39 is 0 Å². The Bertz CT molecular complexity index is 444. The lowest BCUT2D eigenvalue weighted by atomic mass is 9.96. The number of piperidine rings is 1. The zero-order valence-electron chi connectivity index (χ0n) is 13.7. The topological polar surface area (TPSA) is 33.7 Å². The predicted octanol–water partition coefficient (Wildman–Crippen LogP) is 2.70. The smallest absolute Gasteiger partial charge is 0.127 e. The van der Waals surface area contributed by atoms with Crippen LogP contribution in [0, 0.1) is 5.92 Å². The number of hydrogen-bond acceptors (Lipinski definition) is 4. The van der Waals surface area contributed by atoms with Crippen LogP contribution >= 0.6 is 0 Å². The van der Waals surface area contributed by atoms with E-state index in [1.807, 2.05) is 12.1 Å². The molecule has 1 aromatic carbocycles. The van der Waals surface area contributed by atoms with Gasteiger partial charge in [-0.1, -0.05) is 6.07 Å². The van der Waals surface area contributed by atoms with Crippen LogP contribution in [-0.4, -0.2) is 45.8 Å². The number of ether oxygens (including phenoxy) is 2. The fourth-order valence-electron chi connectivity index (χ4n) is 3.03. The molecule has 1 saturated heterocycles. The molecule has 0 saturated carbocycles. The molecule has 0 aliphatic carbocycles. The van der Waals surface area contributed by atoms with Gasteiger partial charge in [0.2, 0.25) is 0 Å².